The monoisotopic (exact) mass is 316 g/mol. The van der Waals surface area contributed by atoms with Crippen LogP contribution in [0.2, 0.25) is 0 Å². The van der Waals surface area contributed by atoms with Gasteiger partial charge in [-0.2, -0.15) is 0 Å². The molecule has 0 heterocycles. The molecule has 0 bridgehead atoms. The second-order valence-electron chi connectivity index (χ2n) is 4.94. The van der Waals surface area contributed by atoms with E-state index in [0.29, 0.717) is 16.7 Å². The molecule has 5 nitrogen and oxygen atoms in total. The number of nitrogens with one attached hydrogen (secondary N) is 2. The first-order valence-corrected chi connectivity index (χ1v) is 7.05. The smallest absolute Gasteiger partial charge is 0.251 e. The topological polar surface area (TPSA) is 78.4 Å². The van der Waals surface area contributed by atoms with Gasteiger partial charge >= 0.3 is 0 Å². The number of hydrogen-bond acceptors (Lipinski definition) is 3. The largest absolute Gasteiger partial charge is 0.387 e. The van der Waals surface area contributed by atoms with Gasteiger partial charge in [0.25, 0.3) is 11.8 Å². The molecule has 1 unspecified atom stereocenters. The summed E-state index contributed by atoms with van der Waals surface area (Å²) in [4.78, 5) is 23.6. The number of hydrogen-bond donors (Lipinski definition) is 3. The Morgan fingerprint density at radius 2 is 1.70 bits per heavy atom. The van der Waals surface area contributed by atoms with Gasteiger partial charge in [-0.3, -0.25) is 9.59 Å². The number of aliphatic hydroxyl groups excluding tert-OH is 1. The highest BCUT2D eigenvalue weighted by atomic mass is 19.1. The van der Waals surface area contributed by atoms with Crippen LogP contribution in [-0.4, -0.2) is 30.5 Å². The van der Waals surface area contributed by atoms with Gasteiger partial charge in [0.1, 0.15) is 5.82 Å². The fourth-order valence-corrected chi connectivity index (χ4v) is 2.04. The standard InChI is InChI=1S/C17H17FN2O3/c1-19-16(22)12-3-2-4-13(9-12)17(23)20-10-15(21)11-5-7-14(18)8-6-11/h2-9,15,21H,10H2,1H3,(H,19,22)(H,20,23). The van der Waals surface area contributed by atoms with E-state index < -0.39 is 17.8 Å². The van der Waals surface area contributed by atoms with Gasteiger partial charge in [0.2, 0.25) is 0 Å². The first kappa shape index (κ1) is 16.6. The van der Waals surface area contributed by atoms with Crippen LogP contribution >= 0.6 is 0 Å². The third-order valence-electron chi connectivity index (χ3n) is 3.32. The van der Waals surface area contributed by atoms with E-state index in [4.69, 9.17) is 0 Å². The van der Waals surface area contributed by atoms with Crippen molar-refractivity contribution < 1.29 is 19.1 Å². The van der Waals surface area contributed by atoms with E-state index in [1.54, 1.807) is 18.2 Å². The molecule has 2 aromatic rings. The van der Waals surface area contributed by atoms with E-state index in [1.165, 1.54) is 37.4 Å². The van der Waals surface area contributed by atoms with Gasteiger partial charge < -0.3 is 15.7 Å². The molecule has 0 aliphatic rings. The Morgan fingerprint density at radius 1 is 1.09 bits per heavy atom. The van der Waals surface area contributed by atoms with Gasteiger partial charge in [0.15, 0.2) is 0 Å². The van der Waals surface area contributed by atoms with Crippen LogP contribution in [0.3, 0.4) is 0 Å². The fraction of sp³-hybridized carbons (Fsp3) is 0.176. The number of amides is 2. The van der Waals surface area contributed by atoms with Crippen LogP contribution in [0.15, 0.2) is 48.5 Å². The molecule has 0 saturated heterocycles. The summed E-state index contributed by atoms with van der Waals surface area (Å²) in [7, 11) is 1.51. The number of carbonyl (C=O) groups excluding carboxylic acids is 2. The highest BCUT2D eigenvalue weighted by Gasteiger charge is 2.12. The minimum absolute atomic E-state index is 0.0192. The number of carbonyl (C=O) groups is 2. The zero-order valence-corrected chi connectivity index (χ0v) is 12.5. The van der Waals surface area contributed by atoms with Gasteiger partial charge in [0, 0.05) is 24.7 Å². The van der Waals surface area contributed by atoms with Crippen molar-refractivity contribution in [3.05, 3.63) is 71.0 Å². The Morgan fingerprint density at radius 3 is 2.30 bits per heavy atom. The lowest BCUT2D eigenvalue weighted by molar-refractivity contribution is 0.0916. The van der Waals surface area contributed by atoms with Crippen molar-refractivity contribution in [3.63, 3.8) is 0 Å². The number of benzene rings is 2. The predicted octanol–water partition coefficient (Wildman–Crippen LogP) is 1.65. The lowest BCUT2D eigenvalue weighted by atomic mass is 10.1. The molecule has 2 rings (SSSR count). The van der Waals surface area contributed by atoms with Crippen molar-refractivity contribution in [2.24, 2.45) is 0 Å². The van der Waals surface area contributed by atoms with Gasteiger partial charge in [-0.15, -0.1) is 0 Å². The summed E-state index contributed by atoms with van der Waals surface area (Å²) in [5.41, 5.74) is 1.20. The molecule has 2 amide bonds. The molecule has 6 heteroatoms. The van der Waals surface area contributed by atoms with E-state index >= 15 is 0 Å². The summed E-state index contributed by atoms with van der Waals surface area (Å²) in [6, 6.07) is 11.7. The fourth-order valence-electron chi connectivity index (χ4n) is 2.04. The van der Waals surface area contributed by atoms with Crippen molar-refractivity contribution in [2.75, 3.05) is 13.6 Å². The Kier molecular flexibility index (Phi) is 5.43. The molecule has 0 spiro atoms. The number of halogens is 1. The van der Waals surface area contributed by atoms with Crippen molar-refractivity contribution in [1.29, 1.82) is 0 Å². The number of aliphatic hydroxyl groups is 1. The molecule has 2 aromatic carbocycles. The molecule has 3 N–H and O–H groups in total. The minimum atomic E-state index is -0.943. The third-order valence-corrected chi connectivity index (χ3v) is 3.32. The van der Waals surface area contributed by atoms with Crippen molar-refractivity contribution in [2.45, 2.75) is 6.10 Å². The average molecular weight is 316 g/mol. The lowest BCUT2D eigenvalue weighted by Crippen LogP contribution is -2.28. The molecule has 0 aliphatic heterocycles. The molecule has 0 aromatic heterocycles. The Labute approximate surface area is 133 Å². The second kappa shape index (κ2) is 7.51. The van der Waals surface area contributed by atoms with Crippen LogP contribution in [0.25, 0.3) is 0 Å². The van der Waals surface area contributed by atoms with Crippen LogP contribution in [0.1, 0.15) is 32.4 Å². The predicted molar refractivity (Wildman–Crippen MR) is 83.5 cm³/mol. The highest BCUT2D eigenvalue weighted by molar-refractivity contribution is 5.99. The van der Waals surface area contributed by atoms with E-state index in [9.17, 15) is 19.1 Å². The SMILES string of the molecule is CNC(=O)c1cccc(C(=O)NCC(O)c2ccc(F)cc2)c1. The maximum atomic E-state index is 12.8. The molecule has 0 radical (unpaired) electrons. The zero-order valence-electron chi connectivity index (χ0n) is 12.5. The quantitative estimate of drug-likeness (QED) is 0.785. The van der Waals surface area contributed by atoms with E-state index in [0.717, 1.165) is 0 Å². The molecular formula is C17H17FN2O3. The lowest BCUT2D eigenvalue weighted by Gasteiger charge is -2.12. The van der Waals surface area contributed by atoms with Crippen LogP contribution < -0.4 is 10.6 Å². The van der Waals surface area contributed by atoms with E-state index in [2.05, 4.69) is 10.6 Å². The maximum absolute atomic E-state index is 12.8. The normalized spacial score (nSPS) is 11.6. The van der Waals surface area contributed by atoms with E-state index in [-0.39, 0.29) is 12.5 Å². The molecule has 120 valence electrons. The average Bonchev–Trinajstić information content (AvgIpc) is 2.59. The summed E-state index contributed by atoms with van der Waals surface area (Å²) < 4.78 is 12.8. The summed E-state index contributed by atoms with van der Waals surface area (Å²) >= 11 is 0. The molecule has 23 heavy (non-hydrogen) atoms. The van der Waals surface area contributed by atoms with Crippen molar-refractivity contribution in [1.82, 2.24) is 10.6 Å². The van der Waals surface area contributed by atoms with E-state index in [1.807, 2.05) is 0 Å². The molecule has 0 saturated carbocycles. The summed E-state index contributed by atoms with van der Waals surface area (Å²) in [5, 5.41) is 15.1. The highest BCUT2D eigenvalue weighted by Crippen LogP contribution is 2.13. The summed E-state index contributed by atoms with van der Waals surface area (Å²) in [5.74, 6) is -1.08. The first-order chi connectivity index (χ1) is 11.0. The van der Waals surface area contributed by atoms with Crippen LogP contribution in [-0.2, 0) is 0 Å². The summed E-state index contributed by atoms with van der Waals surface area (Å²) in [6.07, 6.45) is -0.943. The first-order valence-electron chi connectivity index (χ1n) is 7.05. The molecule has 0 aliphatic carbocycles. The van der Waals surface area contributed by atoms with Crippen molar-refractivity contribution in [3.8, 4) is 0 Å². The third kappa shape index (κ3) is 4.37. The van der Waals surface area contributed by atoms with Gasteiger partial charge in [-0.05, 0) is 35.9 Å². The van der Waals surface area contributed by atoms with Crippen LogP contribution in [0.4, 0.5) is 4.39 Å². The zero-order chi connectivity index (χ0) is 16.8. The van der Waals surface area contributed by atoms with Gasteiger partial charge in [0.05, 0.1) is 6.10 Å². The minimum Gasteiger partial charge on any atom is -0.387 e. The Hall–Kier alpha value is -2.73. The molecule has 1 atom stereocenters. The molecule has 0 fully saturated rings. The van der Waals surface area contributed by atoms with Crippen LogP contribution in [0, 0.1) is 5.82 Å². The second-order valence-corrected chi connectivity index (χ2v) is 4.94. The Balaban J connectivity index is 1.99. The van der Waals surface area contributed by atoms with Crippen LogP contribution in [0.5, 0.6) is 0 Å². The van der Waals surface area contributed by atoms with Crippen molar-refractivity contribution >= 4 is 11.8 Å². The number of rotatable bonds is 5. The maximum Gasteiger partial charge on any atom is 0.251 e. The van der Waals surface area contributed by atoms with Gasteiger partial charge in [-0.1, -0.05) is 18.2 Å². The van der Waals surface area contributed by atoms with Gasteiger partial charge in [-0.25, -0.2) is 4.39 Å². The Bertz CT molecular complexity index is 701. The summed E-state index contributed by atoms with van der Waals surface area (Å²) in [6.45, 7) is -0.0192. The molecular weight excluding hydrogens is 299 g/mol.